The lowest BCUT2D eigenvalue weighted by Crippen LogP contribution is -2.14. The molecular weight excluding hydrogens is 479 g/mol. The number of amides is 1. The Kier molecular flexibility index (Phi) is 7.54. The minimum absolute atomic E-state index is 0.140. The van der Waals surface area contributed by atoms with Crippen molar-refractivity contribution in [2.75, 3.05) is 17.7 Å². The van der Waals surface area contributed by atoms with Crippen LogP contribution < -0.4 is 10.1 Å². The summed E-state index contributed by atoms with van der Waals surface area (Å²) in [5.74, 6) is 1.36. The molecule has 1 N–H and O–H groups in total. The maximum Gasteiger partial charge on any atom is 0.234 e. The topological polar surface area (TPSA) is 69.0 Å². The van der Waals surface area contributed by atoms with Crippen LogP contribution in [0.1, 0.15) is 6.92 Å². The number of aromatic nitrogens is 3. The molecule has 1 aromatic heterocycles. The molecule has 0 bridgehead atoms. The standard InChI is InChI=1S/C24H20Cl2N4O2S/c1-2-32-19-13-11-18(12-14-19)30-23(16-7-9-17(25)10-8-16)28-29-24(30)33-15-22(31)27-21-6-4-3-5-20(21)26/h3-14H,2,15H2,1H3,(H,27,31). The van der Waals surface area contributed by atoms with Gasteiger partial charge in [0.1, 0.15) is 5.75 Å². The van der Waals surface area contributed by atoms with Gasteiger partial charge in [-0.2, -0.15) is 0 Å². The van der Waals surface area contributed by atoms with Gasteiger partial charge in [-0.25, -0.2) is 0 Å². The van der Waals surface area contributed by atoms with Gasteiger partial charge in [-0.15, -0.1) is 10.2 Å². The Morgan fingerprint density at radius 3 is 2.42 bits per heavy atom. The van der Waals surface area contributed by atoms with E-state index in [4.69, 9.17) is 27.9 Å². The number of carbonyl (C=O) groups excluding carboxylic acids is 1. The molecule has 1 heterocycles. The number of nitrogens with zero attached hydrogens (tertiary/aromatic N) is 3. The molecule has 0 spiro atoms. The van der Waals surface area contributed by atoms with Gasteiger partial charge in [-0.1, -0.05) is 47.1 Å². The van der Waals surface area contributed by atoms with Crippen molar-refractivity contribution in [2.24, 2.45) is 0 Å². The third-order valence-corrected chi connectivity index (χ3v) is 6.13. The maximum atomic E-state index is 12.5. The fraction of sp³-hybridized carbons (Fsp3) is 0.125. The van der Waals surface area contributed by atoms with Crippen LogP contribution in [0.3, 0.4) is 0 Å². The number of nitrogens with one attached hydrogen (secondary N) is 1. The predicted molar refractivity (Wildman–Crippen MR) is 134 cm³/mol. The second-order valence-corrected chi connectivity index (χ2v) is 8.68. The highest BCUT2D eigenvalue weighted by Crippen LogP contribution is 2.30. The Morgan fingerprint density at radius 1 is 1.00 bits per heavy atom. The van der Waals surface area contributed by atoms with Gasteiger partial charge in [-0.05, 0) is 67.6 Å². The summed E-state index contributed by atoms with van der Waals surface area (Å²) in [7, 11) is 0. The summed E-state index contributed by atoms with van der Waals surface area (Å²) in [5.41, 5.74) is 2.27. The Balaban J connectivity index is 1.61. The van der Waals surface area contributed by atoms with Crippen molar-refractivity contribution < 1.29 is 9.53 Å². The van der Waals surface area contributed by atoms with Gasteiger partial charge in [0.15, 0.2) is 11.0 Å². The van der Waals surface area contributed by atoms with Gasteiger partial charge >= 0.3 is 0 Å². The number of anilines is 1. The van der Waals surface area contributed by atoms with Crippen molar-refractivity contribution in [1.82, 2.24) is 14.8 Å². The van der Waals surface area contributed by atoms with E-state index in [0.717, 1.165) is 17.0 Å². The van der Waals surface area contributed by atoms with Crippen molar-refractivity contribution in [3.05, 3.63) is 82.8 Å². The molecule has 9 heteroatoms. The van der Waals surface area contributed by atoms with Crippen molar-refractivity contribution >= 4 is 46.6 Å². The molecule has 0 aliphatic heterocycles. The monoisotopic (exact) mass is 498 g/mol. The zero-order valence-corrected chi connectivity index (χ0v) is 20.0. The molecule has 1 amide bonds. The molecule has 168 valence electrons. The van der Waals surface area contributed by atoms with Gasteiger partial charge in [0.05, 0.1) is 23.1 Å². The summed E-state index contributed by atoms with van der Waals surface area (Å²) < 4.78 is 7.47. The zero-order chi connectivity index (χ0) is 23.2. The second-order valence-electron chi connectivity index (χ2n) is 6.89. The molecular formula is C24H20Cl2N4O2S. The van der Waals surface area contributed by atoms with Gasteiger partial charge < -0.3 is 10.1 Å². The lowest BCUT2D eigenvalue weighted by atomic mass is 10.2. The number of hydrogen-bond donors (Lipinski definition) is 1. The third-order valence-electron chi connectivity index (χ3n) is 4.62. The number of para-hydroxylation sites is 1. The highest BCUT2D eigenvalue weighted by molar-refractivity contribution is 7.99. The van der Waals surface area contributed by atoms with E-state index < -0.39 is 0 Å². The molecule has 3 aromatic carbocycles. The van der Waals surface area contributed by atoms with Gasteiger partial charge in [0.2, 0.25) is 5.91 Å². The number of benzene rings is 3. The average molecular weight is 499 g/mol. The SMILES string of the molecule is CCOc1ccc(-n2c(SCC(=O)Nc3ccccc3Cl)nnc2-c2ccc(Cl)cc2)cc1. The Bertz CT molecular complexity index is 1240. The van der Waals surface area contributed by atoms with Crippen molar-refractivity contribution in [3.8, 4) is 22.8 Å². The summed E-state index contributed by atoms with van der Waals surface area (Å²) in [4.78, 5) is 12.5. The summed E-state index contributed by atoms with van der Waals surface area (Å²) in [5, 5.41) is 13.3. The summed E-state index contributed by atoms with van der Waals surface area (Å²) in [6.07, 6.45) is 0. The van der Waals surface area contributed by atoms with Gasteiger partial charge in [0, 0.05) is 16.3 Å². The average Bonchev–Trinajstić information content (AvgIpc) is 3.24. The number of thioether (sulfide) groups is 1. The maximum absolute atomic E-state index is 12.5. The molecule has 4 rings (SSSR count). The van der Waals surface area contributed by atoms with Crippen LogP contribution in [0.15, 0.2) is 78.0 Å². The van der Waals surface area contributed by atoms with Crippen LogP contribution in [0.4, 0.5) is 5.69 Å². The molecule has 0 atom stereocenters. The minimum atomic E-state index is -0.192. The van der Waals surface area contributed by atoms with E-state index in [1.54, 1.807) is 24.3 Å². The molecule has 0 saturated heterocycles. The summed E-state index contributed by atoms with van der Waals surface area (Å²) in [6, 6.07) is 22.1. The molecule has 4 aromatic rings. The van der Waals surface area contributed by atoms with Crippen LogP contribution in [-0.2, 0) is 4.79 Å². The third kappa shape index (κ3) is 5.68. The zero-order valence-electron chi connectivity index (χ0n) is 17.7. The van der Waals surface area contributed by atoms with Crippen LogP contribution in [-0.4, -0.2) is 33.0 Å². The lowest BCUT2D eigenvalue weighted by molar-refractivity contribution is -0.113. The highest BCUT2D eigenvalue weighted by atomic mass is 35.5. The first kappa shape index (κ1) is 23.2. The molecule has 0 saturated carbocycles. The number of rotatable bonds is 8. The molecule has 0 aliphatic rings. The van der Waals surface area contributed by atoms with E-state index in [1.807, 2.05) is 60.0 Å². The normalized spacial score (nSPS) is 10.8. The number of halogens is 2. The van der Waals surface area contributed by atoms with Crippen LogP contribution in [0.2, 0.25) is 10.0 Å². The van der Waals surface area contributed by atoms with E-state index in [9.17, 15) is 4.79 Å². The largest absolute Gasteiger partial charge is 0.494 e. The summed E-state index contributed by atoms with van der Waals surface area (Å²) in [6.45, 7) is 2.53. The number of hydrogen-bond acceptors (Lipinski definition) is 5. The quantitative estimate of drug-likeness (QED) is 0.285. The van der Waals surface area contributed by atoms with E-state index in [-0.39, 0.29) is 11.7 Å². The Labute approximate surface area is 205 Å². The highest BCUT2D eigenvalue weighted by Gasteiger charge is 2.18. The molecule has 0 radical (unpaired) electrons. The van der Waals surface area contributed by atoms with Crippen molar-refractivity contribution in [2.45, 2.75) is 12.1 Å². The van der Waals surface area contributed by atoms with Crippen LogP contribution >= 0.6 is 35.0 Å². The number of ether oxygens (including phenoxy) is 1. The summed E-state index contributed by atoms with van der Waals surface area (Å²) >= 11 is 13.5. The van der Waals surface area contributed by atoms with Crippen LogP contribution in [0.25, 0.3) is 17.1 Å². The van der Waals surface area contributed by atoms with E-state index in [1.165, 1.54) is 11.8 Å². The van der Waals surface area contributed by atoms with Crippen molar-refractivity contribution in [3.63, 3.8) is 0 Å². The van der Waals surface area contributed by atoms with Crippen molar-refractivity contribution in [1.29, 1.82) is 0 Å². The van der Waals surface area contributed by atoms with E-state index in [0.29, 0.717) is 33.3 Å². The first-order chi connectivity index (χ1) is 16.0. The first-order valence-electron chi connectivity index (χ1n) is 10.2. The second kappa shape index (κ2) is 10.7. The molecule has 0 unspecified atom stereocenters. The molecule has 0 fully saturated rings. The predicted octanol–water partition coefficient (Wildman–Crippen LogP) is 6.37. The van der Waals surface area contributed by atoms with Gasteiger partial charge in [0.25, 0.3) is 0 Å². The molecule has 33 heavy (non-hydrogen) atoms. The fourth-order valence-corrected chi connectivity index (χ4v) is 4.18. The molecule has 6 nitrogen and oxygen atoms in total. The fourth-order valence-electron chi connectivity index (χ4n) is 3.12. The molecule has 0 aliphatic carbocycles. The first-order valence-corrected chi connectivity index (χ1v) is 11.9. The van der Waals surface area contributed by atoms with Crippen LogP contribution in [0.5, 0.6) is 5.75 Å². The van der Waals surface area contributed by atoms with E-state index in [2.05, 4.69) is 15.5 Å². The van der Waals surface area contributed by atoms with E-state index >= 15 is 0 Å². The number of carbonyl (C=O) groups is 1. The van der Waals surface area contributed by atoms with Gasteiger partial charge in [-0.3, -0.25) is 9.36 Å². The minimum Gasteiger partial charge on any atom is -0.494 e. The Hall–Kier alpha value is -3.00. The Morgan fingerprint density at radius 2 is 1.73 bits per heavy atom. The smallest absolute Gasteiger partial charge is 0.234 e. The van der Waals surface area contributed by atoms with Crippen LogP contribution in [0, 0.1) is 0 Å². The lowest BCUT2D eigenvalue weighted by Gasteiger charge is -2.12.